The number of aromatic hydroxyl groups is 2. The summed E-state index contributed by atoms with van der Waals surface area (Å²) in [6, 6.07) is 15.9. The lowest BCUT2D eigenvalue weighted by Gasteiger charge is -2.27. The molecule has 2 heterocycles. The smallest absolute Gasteiger partial charge is 0.273 e. The van der Waals surface area contributed by atoms with Gasteiger partial charge in [0.05, 0.1) is 20.3 Å². The van der Waals surface area contributed by atoms with Gasteiger partial charge in [0.1, 0.15) is 22.9 Å². The normalized spacial score (nSPS) is 14.6. The maximum absolute atomic E-state index is 13.7. The Kier molecular flexibility index (Phi) is 6.25. The monoisotopic (exact) mass is 499 g/mol. The predicted octanol–water partition coefficient (Wildman–Crippen LogP) is 4.91. The van der Waals surface area contributed by atoms with E-state index >= 15 is 0 Å². The summed E-state index contributed by atoms with van der Waals surface area (Å²) in [4.78, 5) is 15.4. The van der Waals surface area contributed by atoms with Crippen LogP contribution in [0.1, 0.15) is 44.3 Å². The first kappa shape index (κ1) is 24.2. The van der Waals surface area contributed by atoms with Crippen LogP contribution in [0.15, 0.2) is 54.6 Å². The standard InChI is InChI=1S/C29H29N3O5/c1-16-12-17(2)28(34)21(13-16)25-24-26(31-30-25)29(35)32(27(24)19-6-5-7-20(33)15-19)11-10-18-8-9-22(36-3)23(14-18)37-4/h5-9,12-15,27,33-34H,10-11H2,1-4H3,(H,30,31)/t27-/m1/s1. The zero-order chi connectivity index (χ0) is 26.3. The van der Waals surface area contributed by atoms with Crippen molar-refractivity contribution < 1.29 is 24.5 Å². The topological polar surface area (TPSA) is 108 Å². The van der Waals surface area contributed by atoms with Crippen LogP contribution in [0.5, 0.6) is 23.0 Å². The quantitative estimate of drug-likeness (QED) is 0.334. The van der Waals surface area contributed by atoms with Crippen LogP contribution < -0.4 is 9.47 Å². The van der Waals surface area contributed by atoms with E-state index in [2.05, 4.69) is 10.2 Å². The van der Waals surface area contributed by atoms with Gasteiger partial charge in [-0.05, 0) is 72.9 Å². The molecule has 0 saturated heterocycles. The first-order chi connectivity index (χ1) is 17.8. The largest absolute Gasteiger partial charge is 0.508 e. The Hall–Kier alpha value is -4.46. The number of H-pyrrole nitrogens is 1. The highest BCUT2D eigenvalue weighted by Crippen LogP contribution is 2.45. The highest BCUT2D eigenvalue weighted by molar-refractivity contribution is 6.00. The number of nitrogens with one attached hydrogen (secondary N) is 1. The number of carbonyl (C=O) groups is 1. The minimum Gasteiger partial charge on any atom is -0.508 e. The number of ether oxygens (including phenoxy) is 2. The van der Waals surface area contributed by atoms with Crippen molar-refractivity contribution in [2.75, 3.05) is 20.8 Å². The lowest BCUT2D eigenvalue weighted by molar-refractivity contribution is 0.0745. The van der Waals surface area contributed by atoms with E-state index in [1.54, 1.807) is 37.3 Å². The van der Waals surface area contributed by atoms with E-state index in [4.69, 9.17) is 9.47 Å². The number of hydrogen-bond acceptors (Lipinski definition) is 6. The van der Waals surface area contributed by atoms with Crippen LogP contribution in [0.4, 0.5) is 0 Å². The van der Waals surface area contributed by atoms with Crippen LogP contribution >= 0.6 is 0 Å². The Morgan fingerprint density at radius 3 is 2.51 bits per heavy atom. The van der Waals surface area contributed by atoms with Crippen LogP contribution in [0.25, 0.3) is 11.3 Å². The second-order valence-corrected chi connectivity index (χ2v) is 9.27. The predicted molar refractivity (Wildman–Crippen MR) is 139 cm³/mol. The van der Waals surface area contributed by atoms with Crippen molar-refractivity contribution in [3.05, 3.63) is 88.1 Å². The Labute approximate surface area is 215 Å². The third kappa shape index (κ3) is 4.24. The number of fused-ring (bicyclic) bond motifs is 1. The van der Waals surface area contributed by atoms with Crippen LogP contribution in [0.3, 0.4) is 0 Å². The molecule has 1 amide bonds. The van der Waals surface area contributed by atoms with Gasteiger partial charge in [-0.3, -0.25) is 9.89 Å². The summed E-state index contributed by atoms with van der Waals surface area (Å²) < 4.78 is 10.8. The maximum atomic E-state index is 13.7. The molecule has 0 radical (unpaired) electrons. The highest BCUT2D eigenvalue weighted by atomic mass is 16.5. The van der Waals surface area contributed by atoms with Crippen LogP contribution in [0, 0.1) is 13.8 Å². The molecular weight excluding hydrogens is 470 g/mol. The van der Waals surface area contributed by atoms with E-state index < -0.39 is 6.04 Å². The number of aryl methyl sites for hydroxylation is 2. The molecule has 0 spiro atoms. The molecule has 1 aromatic heterocycles. The molecular formula is C29H29N3O5. The van der Waals surface area contributed by atoms with Gasteiger partial charge in [-0.15, -0.1) is 0 Å². The fourth-order valence-electron chi connectivity index (χ4n) is 5.10. The van der Waals surface area contributed by atoms with E-state index in [1.165, 1.54) is 0 Å². The van der Waals surface area contributed by atoms with Gasteiger partial charge in [0.25, 0.3) is 5.91 Å². The van der Waals surface area contributed by atoms with Gasteiger partial charge in [-0.25, -0.2) is 0 Å². The van der Waals surface area contributed by atoms with Gasteiger partial charge in [-0.2, -0.15) is 5.10 Å². The van der Waals surface area contributed by atoms with E-state index in [-0.39, 0.29) is 17.4 Å². The number of aromatic nitrogens is 2. The molecule has 1 aliphatic heterocycles. The van der Waals surface area contributed by atoms with Gasteiger partial charge in [-0.1, -0.05) is 24.3 Å². The van der Waals surface area contributed by atoms with Crippen LogP contribution in [0.2, 0.25) is 0 Å². The molecule has 1 atom stereocenters. The molecule has 1 aliphatic rings. The average molecular weight is 500 g/mol. The first-order valence-electron chi connectivity index (χ1n) is 12.0. The first-order valence-corrected chi connectivity index (χ1v) is 12.0. The number of nitrogens with zero attached hydrogens (tertiary/aromatic N) is 2. The Balaban J connectivity index is 1.57. The summed E-state index contributed by atoms with van der Waals surface area (Å²) in [5.41, 5.74) is 5.61. The van der Waals surface area contributed by atoms with Crippen molar-refractivity contribution in [1.82, 2.24) is 15.1 Å². The van der Waals surface area contributed by atoms with Gasteiger partial charge >= 0.3 is 0 Å². The fourth-order valence-corrected chi connectivity index (χ4v) is 5.10. The number of amides is 1. The minimum absolute atomic E-state index is 0.109. The number of phenolic OH excluding ortho intramolecular Hbond substituents is 2. The number of rotatable bonds is 7. The van der Waals surface area contributed by atoms with Crippen molar-refractivity contribution in [3.8, 4) is 34.3 Å². The molecule has 3 aromatic carbocycles. The molecule has 0 bridgehead atoms. The maximum Gasteiger partial charge on any atom is 0.273 e. The second kappa shape index (κ2) is 9.54. The third-order valence-corrected chi connectivity index (χ3v) is 6.84. The number of methoxy groups -OCH3 is 2. The molecule has 0 aliphatic carbocycles. The zero-order valence-electron chi connectivity index (χ0n) is 21.2. The number of phenols is 2. The molecule has 4 aromatic rings. The molecule has 3 N–H and O–H groups in total. The van der Waals surface area contributed by atoms with Crippen molar-refractivity contribution in [2.24, 2.45) is 0 Å². The van der Waals surface area contributed by atoms with Crippen molar-refractivity contribution in [2.45, 2.75) is 26.3 Å². The number of hydrogen-bond donors (Lipinski definition) is 3. The lowest BCUT2D eigenvalue weighted by atomic mass is 9.94. The molecule has 37 heavy (non-hydrogen) atoms. The van der Waals surface area contributed by atoms with E-state index in [9.17, 15) is 15.0 Å². The Bertz CT molecular complexity index is 1490. The lowest BCUT2D eigenvalue weighted by Crippen LogP contribution is -2.31. The summed E-state index contributed by atoms with van der Waals surface area (Å²) in [5.74, 6) is 1.31. The minimum atomic E-state index is -0.497. The third-order valence-electron chi connectivity index (χ3n) is 6.84. The molecule has 0 saturated carbocycles. The second-order valence-electron chi connectivity index (χ2n) is 9.27. The van der Waals surface area contributed by atoms with Gasteiger partial charge in [0, 0.05) is 17.7 Å². The SMILES string of the molecule is COc1ccc(CCN2C(=O)c3[nH]nc(-c4cc(C)cc(C)c4O)c3[C@H]2c2cccc(O)c2)cc1OC. The molecule has 0 fully saturated rings. The number of aromatic amines is 1. The number of carbonyl (C=O) groups excluding carboxylic acids is 1. The molecule has 190 valence electrons. The van der Waals surface area contributed by atoms with Gasteiger partial charge < -0.3 is 24.6 Å². The van der Waals surface area contributed by atoms with Crippen LogP contribution in [-0.4, -0.2) is 52.0 Å². The van der Waals surface area contributed by atoms with E-state index in [0.29, 0.717) is 47.0 Å². The average Bonchev–Trinajstić information content (AvgIpc) is 3.43. The summed E-state index contributed by atoms with van der Waals surface area (Å²) in [6.45, 7) is 4.21. The van der Waals surface area contributed by atoms with Gasteiger partial charge in [0.2, 0.25) is 0 Å². The van der Waals surface area contributed by atoms with E-state index in [1.807, 2.05) is 50.2 Å². The van der Waals surface area contributed by atoms with Crippen molar-refractivity contribution in [3.63, 3.8) is 0 Å². The molecule has 5 rings (SSSR count). The van der Waals surface area contributed by atoms with Gasteiger partial charge in [0.15, 0.2) is 11.5 Å². The Morgan fingerprint density at radius 1 is 1.00 bits per heavy atom. The molecule has 8 heteroatoms. The summed E-state index contributed by atoms with van der Waals surface area (Å²) in [5, 5.41) is 28.5. The summed E-state index contributed by atoms with van der Waals surface area (Å²) >= 11 is 0. The summed E-state index contributed by atoms with van der Waals surface area (Å²) in [7, 11) is 3.18. The molecule has 0 unspecified atom stereocenters. The zero-order valence-corrected chi connectivity index (χ0v) is 21.2. The molecule has 8 nitrogen and oxygen atoms in total. The van der Waals surface area contributed by atoms with Crippen LogP contribution in [-0.2, 0) is 6.42 Å². The van der Waals surface area contributed by atoms with Crippen molar-refractivity contribution in [1.29, 1.82) is 0 Å². The fraction of sp³-hybridized carbons (Fsp3) is 0.241. The summed E-state index contributed by atoms with van der Waals surface area (Å²) in [6.07, 6.45) is 0.573. The van der Waals surface area contributed by atoms with Crippen molar-refractivity contribution >= 4 is 5.91 Å². The Morgan fingerprint density at radius 2 is 1.78 bits per heavy atom. The van der Waals surface area contributed by atoms with E-state index in [0.717, 1.165) is 22.3 Å². The highest BCUT2D eigenvalue weighted by Gasteiger charge is 2.42. The number of benzene rings is 3.